The molecule has 1 amide bonds. The van der Waals surface area contributed by atoms with Crippen molar-refractivity contribution in [1.82, 2.24) is 4.98 Å². The molecule has 1 heterocycles. The van der Waals surface area contributed by atoms with Crippen LogP contribution in [0.3, 0.4) is 0 Å². The second kappa shape index (κ2) is 9.06. The molecule has 10 heteroatoms. The molecule has 8 nitrogen and oxygen atoms in total. The number of hydrogen-bond acceptors (Lipinski definition) is 7. The number of carbonyl (C=O) groups excluding carboxylic acids is 2. The Morgan fingerprint density at radius 1 is 1.10 bits per heavy atom. The van der Waals surface area contributed by atoms with Crippen LogP contribution in [0.15, 0.2) is 53.9 Å². The fourth-order valence-electron chi connectivity index (χ4n) is 2.50. The Morgan fingerprint density at radius 2 is 1.80 bits per heavy atom. The predicted octanol–water partition coefficient (Wildman–Crippen LogP) is 3.29. The number of aromatic nitrogens is 1. The number of benzene rings is 2. The van der Waals surface area contributed by atoms with Gasteiger partial charge in [-0.3, -0.25) is 14.8 Å². The van der Waals surface area contributed by atoms with E-state index in [1.54, 1.807) is 12.1 Å². The minimum absolute atomic E-state index is 0.00614. The highest BCUT2D eigenvalue weighted by molar-refractivity contribution is 7.92. The smallest absolute Gasteiger partial charge is 0.340 e. The topological polar surface area (TPSA) is 114 Å². The molecule has 0 spiro atoms. The lowest BCUT2D eigenvalue weighted by Gasteiger charge is -2.10. The standard InChI is InChI=1S/C20H19N3O5S2/c1-13-7-9-14(10-8-13)17-12-29-20(21-17)22-18(24)11-28-19(25)15-5-3-4-6-16(15)23-30(2,26)27/h3-10,12,23H,11H2,1-2H3,(H,21,22,24). The molecule has 0 aliphatic rings. The van der Waals surface area contributed by atoms with Gasteiger partial charge in [0, 0.05) is 10.9 Å². The normalized spacial score (nSPS) is 11.0. The van der Waals surface area contributed by atoms with E-state index in [4.69, 9.17) is 4.74 Å². The monoisotopic (exact) mass is 445 g/mol. The number of ether oxygens (including phenoxy) is 1. The van der Waals surface area contributed by atoms with Gasteiger partial charge in [0.25, 0.3) is 5.91 Å². The zero-order valence-corrected chi connectivity index (χ0v) is 17.8. The first kappa shape index (κ1) is 21.5. The van der Waals surface area contributed by atoms with E-state index in [2.05, 4.69) is 15.0 Å². The van der Waals surface area contributed by atoms with Gasteiger partial charge in [-0.05, 0) is 19.1 Å². The highest BCUT2D eigenvalue weighted by atomic mass is 32.2. The number of aryl methyl sites for hydroxylation is 1. The number of rotatable bonds is 7. The van der Waals surface area contributed by atoms with Crippen LogP contribution in [0.5, 0.6) is 0 Å². The van der Waals surface area contributed by atoms with E-state index in [1.165, 1.54) is 23.5 Å². The highest BCUT2D eigenvalue weighted by Crippen LogP contribution is 2.25. The number of para-hydroxylation sites is 1. The Hall–Kier alpha value is -3.24. The van der Waals surface area contributed by atoms with Crippen molar-refractivity contribution in [2.24, 2.45) is 0 Å². The van der Waals surface area contributed by atoms with Gasteiger partial charge in [0.1, 0.15) is 0 Å². The molecule has 3 rings (SSSR count). The van der Waals surface area contributed by atoms with Crippen molar-refractivity contribution in [2.75, 3.05) is 22.9 Å². The van der Waals surface area contributed by atoms with Crippen LogP contribution in [0.4, 0.5) is 10.8 Å². The number of nitrogens with one attached hydrogen (secondary N) is 2. The largest absolute Gasteiger partial charge is 0.452 e. The van der Waals surface area contributed by atoms with Gasteiger partial charge in [-0.1, -0.05) is 42.0 Å². The number of anilines is 2. The number of carbonyl (C=O) groups is 2. The van der Waals surface area contributed by atoms with Gasteiger partial charge in [-0.25, -0.2) is 18.2 Å². The maximum absolute atomic E-state index is 12.3. The molecular formula is C20H19N3O5S2. The van der Waals surface area contributed by atoms with Gasteiger partial charge in [0.2, 0.25) is 10.0 Å². The SMILES string of the molecule is Cc1ccc(-c2csc(NC(=O)COC(=O)c3ccccc3NS(C)(=O)=O)n2)cc1. The van der Waals surface area contributed by atoms with E-state index in [0.29, 0.717) is 5.13 Å². The first-order valence-corrected chi connectivity index (χ1v) is 11.5. The molecule has 0 unspecified atom stereocenters. The zero-order chi connectivity index (χ0) is 21.7. The first-order chi connectivity index (χ1) is 14.2. The van der Waals surface area contributed by atoms with Crippen LogP contribution < -0.4 is 10.0 Å². The maximum atomic E-state index is 12.3. The minimum atomic E-state index is -3.57. The molecule has 30 heavy (non-hydrogen) atoms. The van der Waals surface area contributed by atoms with Crippen LogP contribution in [0, 0.1) is 6.92 Å². The van der Waals surface area contributed by atoms with Crippen LogP contribution in [0.2, 0.25) is 0 Å². The minimum Gasteiger partial charge on any atom is -0.452 e. The zero-order valence-electron chi connectivity index (χ0n) is 16.2. The van der Waals surface area contributed by atoms with E-state index < -0.39 is 28.5 Å². The number of sulfonamides is 1. The first-order valence-electron chi connectivity index (χ1n) is 8.77. The lowest BCUT2D eigenvalue weighted by Crippen LogP contribution is -2.21. The second-order valence-electron chi connectivity index (χ2n) is 6.45. The summed E-state index contributed by atoms with van der Waals surface area (Å²) >= 11 is 1.26. The summed E-state index contributed by atoms with van der Waals surface area (Å²) in [5.74, 6) is -1.38. The molecule has 2 aromatic carbocycles. The molecule has 0 saturated heterocycles. The average Bonchev–Trinajstić information content (AvgIpc) is 3.14. The van der Waals surface area contributed by atoms with Crippen LogP contribution in [0.1, 0.15) is 15.9 Å². The van der Waals surface area contributed by atoms with Crippen molar-refractivity contribution >= 4 is 44.1 Å². The molecule has 1 aromatic heterocycles. The second-order valence-corrected chi connectivity index (χ2v) is 9.05. The van der Waals surface area contributed by atoms with E-state index >= 15 is 0 Å². The molecule has 0 aliphatic heterocycles. The highest BCUT2D eigenvalue weighted by Gasteiger charge is 2.17. The third-order valence-corrected chi connectivity index (χ3v) is 5.22. The lowest BCUT2D eigenvalue weighted by molar-refractivity contribution is -0.119. The quantitative estimate of drug-likeness (QED) is 0.540. The molecule has 3 aromatic rings. The van der Waals surface area contributed by atoms with Gasteiger partial charge in [0.15, 0.2) is 11.7 Å². The Bertz CT molecular complexity index is 1170. The van der Waals surface area contributed by atoms with Crippen molar-refractivity contribution < 1.29 is 22.7 Å². The summed E-state index contributed by atoms with van der Waals surface area (Å²) < 4.78 is 30.1. The van der Waals surface area contributed by atoms with Crippen molar-refractivity contribution in [3.05, 3.63) is 65.0 Å². The molecule has 0 fully saturated rings. The van der Waals surface area contributed by atoms with Gasteiger partial charge in [0.05, 0.1) is 23.2 Å². The van der Waals surface area contributed by atoms with E-state index in [1.807, 2.05) is 36.6 Å². The fraction of sp³-hybridized carbons (Fsp3) is 0.150. The molecule has 0 aliphatic carbocycles. The molecule has 0 saturated carbocycles. The Morgan fingerprint density at radius 3 is 2.50 bits per heavy atom. The summed E-state index contributed by atoms with van der Waals surface area (Å²) in [7, 11) is -3.57. The molecular weight excluding hydrogens is 426 g/mol. The van der Waals surface area contributed by atoms with Crippen molar-refractivity contribution in [2.45, 2.75) is 6.92 Å². The third-order valence-electron chi connectivity index (χ3n) is 3.87. The lowest BCUT2D eigenvalue weighted by atomic mass is 10.1. The summed E-state index contributed by atoms with van der Waals surface area (Å²) in [5.41, 5.74) is 2.88. The number of hydrogen-bond donors (Lipinski definition) is 2. The Kier molecular flexibility index (Phi) is 6.48. The Balaban J connectivity index is 1.59. The molecule has 2 N–H and O–H groups in total. The number of esters is 1. The number of amides is 1. The summed E-state index contributed by atoms with van der Waals surface area (Å²) in [5, 5.41) is 4.78. The Labute approximate surface area is 178 Å². The van der Waals surface area contributed by atoms with E-state index in [-0.39, 0.29) is 11.3 Å². The number of nitrogens with zero attached hydrogens (tertiary/aromatic N) is 1. The fourth-order valence-corrected chi connectivity index (χ4v) is 3.82. The third kappa shape index (κ3) is 5.88. The van der Waals surface area contributed by atoms with Gasteiger partial charge in [-0.15, -0.1) is 11.3 Å². The molecule has 0 bridgehead atoms. The summed E-state index contributed by atoms with van der Waals surface area (Å²) in [6.45, 7) is 1.46. The average molecular weight is 446 g/mol. The van der Waals surface area contributed by atoms with Gasteiger partial charge >= 0.3 is 5.97 Å². The van der Waals surface area contributed by atoms with Crippen LogP contribution >= 0.6 is 11.3 Å². The van der Waals surface area contributed by atoms with E-state index in [0.717, 1.165) is 23.1 Å². The van der Waals surface area contributed by atoms with Crippen LogP contribution in [0.25, 0.3) is 11.3 Å². The summed E-state index contributed by atoms with van der Waals surface area (Å²) in [6, 6.07) is 13.8. The van der Waals surface area contributed by atoms with Crippen LogP contribution in [-0.2, 0) is 19.6 Å². The van der Waals surface area contributed by atoms with Gasteiger partial charge in [-0.2, -0.15) is 0 Å². The number of thiazole rings is 1. The molecule has 0 radical (unpaired) electrons. The summed E-state index contributed by atoms with van der Waals surface area (Å²) in [6.07, 6.45) is 0.974. The van der Waals surface area contributed by atoms with Crippen molar-refractivity contribution in [3.63, 3.8) is 0 Å². The van der Waals surface area contributed by atoms with Crippen molar-refractivity contribution in [1.29, 1.82) is 0 Å². The van der Waals surface area contributed by atoms with Crippen LogP contribution in [-0.4, -0.2) is 38.1 Å². The van der Waals surface area contributed by atoms with Gasteiger partial charge < -0.3 is 4.74 Å². The molecule has 0 atom stereocenters. The summed E-state index contributed by atoms with van der Waals surface area (Å²) in [4.78, 5) is 28.8. The molecule has 156 valence electrons. The van der Waals surface area contributed by atoms with E-state index in [9.17, 15) is 18.0 Å². The predicted molar refractivity (Wildman–Crippen MR) is 116 cm³/mol. The van der Waals surface area contributed by atoms with Crippen molar-refractivity contribution in [3.8, 4) is 11.3 Å². The maximum Gasteiger partial charge on any atom is 0.340 e.